The summed E-state index contributed by atoms with van der Waals surface area (Å²) >= 11 is 1.70. The largest absolute Gasteiger partial charge is 0.354 e. The van der Waals surface area contributed by atoms with Gasteiger partial charge in [0.15, 0.2) is 0 Å². The third kappa shape index (κ3) is 5.08. The molecule has 0 atom stereocenters. The Kier molecular flexibility index (Phi) is 6.15. The van der Waals surface area contributed by atoms with E-state index < -0.39 is 0 Å². The summed E-state index contributed by atoms with van der Waals surface area (Å²) < 4.78 is 1.18. The number of nitrogens with one attached hydrogen (secondary N) is 2. The molecule has 30 heavy (non-hydrogen) atoms. The molecule has 3 aromatic heterocycles. The SMILES string of the molecule is Cc1nc2cc(Nc3cc(-c4ccncc4)nc(NCCCN(C)C)n3)ccc2s1. The molecule has 8 heteroatoms. The molecule has 3 heterocycles. The first kappa shape index (κ1) is 20.2. The molecule has 0 radical (unpaired) electrons. The van der Waals surface area contributed by atoms with E-state index in [9.17, 15) is 0 Å². The third-order valence-corrected chi connectivity index (χ3v) is 5.49. The van der Waals surface area contributed by atoms with Crippen LogP contribution in [-0.4, -0.2) is 52.0 Å². The van der Waals surface area contributed by atoms with Crippen molar-refractivity contribution in [2.75, 3.05) is 37.8 Å². The maximum atomic E-state index is 4.70. The molecule has 4 rings (SSSR count). The van der Waals surface area contributed by atoms with Crippen molar-refractivity contribution in [1.82, 2.24) is 24.8 Å². The van der Waals surface area contributed by atoms with Gasteiger partial charge in [0.1, 0.15) is 5.82 Å². The number of thiazole rings is 1. The quantitative estimate of drug-likeness (QED) is 0.405. The topological polar surface area (TPSA) is 78.9 Å². The van der Waals surface area contributed by atoms with Crippen molar-refractivity contribution in [2.45, 2.75) is 13.3 Å². The Morgan fingerprint density at radius 1 is 1.00 bits per heavy atom. The van der Waals surface area contributed by atoms with Crippen molar-refractivity contribution in [1.29, 1.82) is 0 Å². The van der Waals surface area contributed by atoms with Crippen molar-refractivity contribution < 1.29 is 0 Å². The van der Waals surface area contributed by atoms with Crippen LogP contribution in [0.1, 0.15) is 11.4 Å². The molecule has 0 aliphatic heterocycles. The van der Waals surface area contributed by atoms with E-state index in [-0.39, 0.29) is 0 Å². The van der Waals surface area contributed by atoms with Gasteiger partial charge in [0.2, 0.25) is 5.95 Å². The Hall–Kier alpha value is -3.10. The Labute approximate surface area is 180 Å². The molecule has 0 fully saturated rings. The maximum Gasteiger partial charge on any atom is 0.225 e. The van der Waals surface area contributed by atoms with Crippen LogP contribution >= 0.6 is 11.3 Å². The van der Waals surface area contributed by atoms with Crippen LogP contribution in [0.4, 0.5) is 17.5 Å². The average molecular weight is 420 g/mol. The van der Waals surface area contributed by atoms with Crippen LogP contribution in [0.5, 0.6) is 0 Å². The molecule has 7 nitrogen and oxygen atoms in total. The van der Waals surface area contributed by atoms with Gasteiger partial charge in [-0.15, -0.1) is 11.3 Å². The first-order chi connectivity index (χ1) is 14.6. The number of anilines is 3. The molecule has 0 unspecified atom stereocenters. The number of aromatic nitrogens is 4. The van der Waals surface area contributed by atoms with E-state index in [2.05, 4.69) is 62.8 Å². The van der Waals surface area contributed by atoms with Gasteiger partial charge in [-0.05, 0) is 64.3 Å². The highest BCUT2D eigenvalue weighted by atomic mass is 32.1. The summed E-state index contributed by atoms with van der Waals surface area (Å²) in [5.74, 6) is 1.34. The Morgan fingerprint density at radius 3 is 2.63 bits per heavy atom. The molecule has 0 amide bonds. The maximum absolute atomic E-state index is 4.70. The fourth-order valence-corrected chi connectivity index (χ4v) is 3.93. The Morgan fingerprint density at radius 2 is 1.83 bits per heavy atom. The minimum atomic E-state index is 0.608. The number of rotatable bonds is 8. The lowest BCUT2D eigenvalue weighted by Crippen LogP contribution is -2.17. The number of nitrogens with zero attached hydrogens (tertiary/aromatic N) is 5. The number of benzene rings is 1. The van der Waals surface area contributed by atoms with Crippen LogP contribution in [0, 0.1) is 6.92 Å². The van der Waals surface area contributed by atoms with Crippen molar-refractivity contribution in [3.8, 4) is 11.3 Å². The van der Waals surface area contributed by atoms with Crippen LogP contribution in [-0.2, 0) is 0 Å². The Bertz CT molecular complexity index is 1130. The van der Waals surface area contributed by atoms with Gasteiger partial charge in [0, 0.05) is 36.3 Å². The van der Waals surface area contributed by atoms with Crippen molar-refractivity contribution in [3.05, 3.63) is 53.8 Å². The zero-order valence-electron chi connectivity index (χ0n) is 17.4. The summed E-state index contributed by atoms with van der Waals surface area (Å²) in [6.45, 7) is 3.84. The minimum absolute atomic E-state index is 0.608. The van der Waals surface area contributed by atoms with E-state index in [1.165, 1.54) is 4.70 Å². The number of pyridine rings is 1. The molecule has 0 aliphatic carbocycles. The second-order valence-corrected chi connectivity index (χ2v) is 8.56. The van der Waals surface area contributed by atoms with Crippen LogP contribution in [0.2, 0.25) is 0 Å². The van der Waals surface area contributed by atoms with E-state index in [4.69, 9.17) is 4.98 Å². The highest BCUT2D eigenvalue weighted by Crippen LogP contribution is 2.27. The van der Waals surface area contributed by atoms with Crippen LogP contribution in [0.15, 0.2) is 48.8 Å². The standard InChI is InChI=1S/C22H25N7S/c1-15-25-19-13-17(5-6-20(19)30-15)26-21-14-18(16-7-10-23-11-8-16)27-22(28-21)24-9-4-12-29(2)3/h5-8,10-11,13-14H,4,9,12H2,1-3H3,(H2,24,26,27,28). The molecule has 1 aromatic carbocycles. The van der Waals surface area contributed by atoms with Gasteiger partial charge in [0.05, 0.1) is 20.9 Å². The van der Waals surface area contributed by atoms with Crippen LogP contribution in [0.25, 0.3) is 21.5 Å². The first-order valence-corrected chi connectivity index (χ1v) is 10.7. The van der Waals surface area contributed by atoms with E-state index in [0.717, 1.165) is 52.8 Å². The molecular weight excluding hydrogens is 394 g/mol. The lowest BCUT2D eigenvalue weighted by Gasteiger charge is -2.13. The number of aryl methyl sites for hydroxylation is 1. The van der Waals surface area contributed by atoms with E-state index in [1.807, 2.05) is 25.1 Å². The third-order valence-electron chi connectivity index (χ3n) is 4.53. The van der Waals surface area contributed by atoms with Crippen molar-refractivity contribution in [2.24, 2.45) is 0 Å². The first-order valence-electron chi connectivity index (χ1n) is 9.89. The molecule has 0 aliphatic rings. The van der Waals surface area contributed by atoms with Gasteiger partial charge in [-0.3, -0.25) is 4.98 Å². The number of hydrogen-bond acceptors (Lipinski definition) is 8. The van der Waals surface area contributed by atoms with Crippen LogP contribution < -0.4 is 10.6 Å². The van der Waals surface area contributed by atoms with Gasteiger partial charge in [0.25, 0.3) is 0 Å². The van der Waals surface area contributed by atoms with Gasteiger partial charge >= 0.3 is 0 Å². The second-order valence-electron chi connectivity index (χ2n) is 7.32. The van der Waals surface area contributed by atoms with Gasteiger partial charge in [-0.1, -0.05) is 0 Å². The van der Waals surface area contributed by atoms with Gasteiger partial charge in [-0.25, -0.2) is 9.97 Å². The molecule has 2 N–H and O–H groups in total. The molecule has 4 aromatic rings. The Balaban J connectivity index is 1.60. The molecule has 0 spiro atoms. The van der Waals surface area contributed by atoms with Gasteiger partial charge in [-0.2, -0.15) is 4.98 Å². The summed E-state index contributed by atoms with van der Waals surface area (Å²) in [6.07, 6.45) is 4.55. The zero-order valence-corrected chi connectivity index (χ0v) is 18.2. The molecular formula is C22H25N7S. The average Bonchev–Trinajstić information content (AvgIpc) is 3.11. The molecule has 0 bridgehead atoms. The van der Waals surface area contributed by atoms with Crippen molar-refractivity contribution >= 4 is 39.0 Å². The van der Waals surface area contributed by atoms with E-state index in [0.29, 0.717) is 5.95 Å². The number of hydrogen-bond donors (Lipinski definition) is 2. The second kappa shape index (κ2) is 9.15. The fourth-order valence-electron chi connectivity index (χ4n) is 3.12. The summed E-state index contributed by atoms with van der Waals surface area (Å²) in [5, 5.41) is 7.83. The smallest absolute Gasteiger partial charge is 0.225 e. The highest BCUT2D eigenvalue weighted by Gasteiger charge is 2.09. The summed E-state index contributed by atoms with van der Waals surface area (Å²) in [7, 11) is 4.15. The highest BCUT2D eigenvalue weighted by molar-refractivity contribution is 7.18. The predicted octanol–water partition coefficient (Wildman–Crippen LogP) is 4.56. The van der Waals surface area contributed by atoms with Gasteiger partial charge < -0.3 is 15.5 Å². The zero-order chi connectivity index (χ0) is 20.9. The number of fused-ring (bicyclic) bond motifs is 1. The summed E-state index contributed by atoms with van der Waals surface area (Å²) in [6, 6.07) is 12.1. The molecule has 154 valence electrons. The lowest BCUT2D eigenvalue weighted by molar-refractivity contribution is 0.405. The molecule has 0 saturated heterocycles. The summed E-state index contributed by atoms with van der Waals surface area (Å²) in [4.78, 5) is 20.2. The van der Waals surface area contributed by atoms with E-state index >= 15 is 0 Å². The summed E-state index contributed by atoms with van der Waals surface area (Å²) in [5.41, 5.74) is 3.78. The van der Waals surface area contributed by atoms with Crippen molar-refractivity contribution in [3.63, 3.8) is 0 Å². The van der Waals surface area contributed by atoms with Crippen LogP contribution in [0.3, 0.4) is 0 Å². The minimum Gasteiger partial charge on any atom is -0.354 e. The van der Waals surface area contributed by atoms with E-state index in [1.54, 1.807) is 23.7 Å². The lowest BCUT2D eigenvalue weighted by atomic mass is 10.2. The fraction of sp³-hybridized carbons (Fsp3) is 0.273. The normalized spacial score (nSPS) is 11.2. The predicted molar refractivity (Wildman–Crippen MR) is 125 cm³/mol. The molecule has 0 saturated carbocycles. The monoisotopic (exact) mass is 419 g/mol.